The maximum Gasteiger partial charge on any atom is -0.0279 e. The monoisotopic (exact) mass is 214 g/mol. The van der Waals surface area contributed by atoms with Crippen molar-refractivity contribution in [1.82, 2.24) is 0 Å². The van der Waals surface area contributed by atoms with Gasteiger partial charge in [-0.25, -0.2) is 0 Å². The minimum Gasteiger partial charge on any atom is -0.0622 e. The highest BCUT2D eigenvalue weighted by Crippen LogP contribution is 2.49. The van der Waals surface area contributed by atoms with Gasteiger partial charge in [-0.15, -0.1) is 0 Å². The third kappa shape index (κ3) is 2.16. The number of benzene rings is 1. The first-order valence-electron chi connectivity index (χ1n) is 6.96. The van der Waals surface area contributed by atoms with Gasteiger partial charge in [0.15, 0.2) is 0 Å². The Morgan fingerprint density at radius 1 is 1.00 bits per heavy atom. The van der Waals surface area contributed by atoms with Gasteiger partial charge < -0.3 is 0 Å². The Balaban J connectivity index is 1.44. The molecule has 0 radical (unpaired) electrons. The molecule has 3 unspecified atom stereocenters. The summed E-state index contributed by atoms with van der Waals surface area (Å²) in [6.07, 6.45) is 10.4. The van der Waals surface area contributed by atoms with Crippen molar-refractivity contribution < 1.29 is 0 Å². The lowest BCUT2D eigenvalue weighted by atomic mass is 9.85. The Kier molecular flexibility index (Phi) is 2.99. The lowest BCUT2D eigenvalue weighted by Gasteiger charge is -2.21. The maximum absolute atomic E-state index is 2.26. The van der Waals surface area contributed by atoms with Crippen molar-refractivity contribution >= 4 is 0 Å². The van der Waals surface area contributed by atoms with Gasteiger partial charge in [0.2, 0.25) is 0 Å². The molecule has 1 aromatic rings. The molecule has 2 aliphatic rings. The molecule has 86 valence electrons. The molecule has 2 aliphatic carbocycles. The highest BCUT2D eigenvalue weighted by atomic mass is 14.4. The van der Waals surface area contributed by atoms with E-state index in [1.165, 1.54) is 24.8 Å². The fraction of sp³-hybridized carbons (Fsp3) is 0.625. The molecule has 0 heteroatoms. The highest BCUT2D eigenvalue weighted by molar-refractivity contribution is 5.14. The number of hydrogen-bond acceptors (Lipinski definition) is 0. The van der Waals surface area contributed by atoms with Crippen LogP contribution in [0.2, 0.25) is 0 Å². The molecule has 0 nitrogen and oxygen atoms in total. The number of rotatable bonds is 4. The molecule has 0 heterocycles. The van der Waals surface area contributed by atoms with E-state index in [4.69, 9.17) is 0 Å². The Hall–Kier alpha value is -0.780. The Labute approximate surface area is 99.1 Å². The second-order valence-corrected chi connectivity index (χ2v) is 5.81. The van der Waals surface area contributed by atoms with Crippen LogP contribution in [0.4, 0.5) is 0 Å². The van der Waals surface area contributed by atoms with Gasteiger partial charge in [0.25, 0.3) is 0 Å². The van der Waals surface area contributed by atoms with Gasteiger partial charge in [-0.3, -0.25) is 0 Å². The number of fused-ring (bicyclic) bond motifs is 2. The molecule has 2 bridgehead atoms. The molecule has 0 amide bonds. The van der Waals surface area contributed by atoms with E-state index in [9.17, 15) is 0 Å². The Morgan fingerprint density at radius 2 is 1.88 bits per heavy atom. The second kappa shape index (κ2) is 4.61. The van der Waals surface area contributed by atoms with Gasteiger partial charge >= 0.3 is 0 Å². The lowest BCUT2D eigenvalue weighted by molar-refractivity contribution is 0.308. The van der Waals surface area contributed by atoms with Crippen molar-refractivity contribution in [2.24, 2.45) is 17.8 Å². The summed E-state index contributed by atoms with van der Waals surface area (Å²) in [7, 11) is 0. The smallest absolute Gasteiger partial charge is 0.0279 e. The van der Waals surface area contributed by atoms with Crippen molar-refractivity contribution in [3.8, 4) is 0 Å². The van der Waals surface area contributed by atoms with E-state index in [0.717, 1.165) is 17.8 Å². The average molecular weight is 214 g/mol. The van der Waals surface area contributed by atoms with Crippen molar-refractivity contribution in [2.75, 3.05) is 0 Å². The van der Waals surface area contributed by atoms with Gasteiger partial charge in [0.05, 0.1) is 0 Å². The SMILES string of the molecule is c1ccc(CCCC2CC3CCC2C3)cc1. The summed E-state index contributed by atoms with van der Waals surface area (Å²) in [5, 5.41) is 0. The summed E-state index contributed by atoms with van der Waals surface area (Å²) >= 11 is 0. The summed E-state index contributed by atoms with van der Waals surface area (Å²) in [5.74, 6) is 3.31. The van der Waals surface area contributed by atoms with Crippen LogP contribution in [0.1, 0.15) is 44.1 Å². The minimum atomic E-state index is 1.09. The van der Waals surface area contributed by atoms with Crippen LogP contribution < -0.4 is 0 Å². The van der Waals surface area contributed by atoms with Crippen LogP contribution in [0.5, 0.6) is 0 Å². The molecule has 2 saturated carbocycles. The van der Waals surface area contributed by atoms with Crippen LogP contribution in [-0.2, 0) is 6.42 Å². The Bertz CT molecular complexity index is 327. The van der Waals surface area contributed by atoms with Crippen molar-refractivity contribution in [1.29, 1.82) is 0 Å². The molecule has 3 atom stereocenters. The van der Waals surface area contributed by atoms with E-state index in [1.54, 1.807) is 25.7 Å². The van der Waals surface area contributed by atoms with Crippen molar-refractivity contribution in [2.45, 2.75) is 44.9 Å². The highest BCUT2D eigenvalue weighted by Gasteiger charge is 2.38. The van der Waals surface area contributed by atoms with E-state index in [0.29, 0.717) is 0 Å². The summed E-state index contributed by atoms with van der Waals surface area (Å²) in [4.78, 5) is 0. The van der Waals surface area contributed by atoms with Crippen molar-refractivity contribution in [3.05, 3.63) is 35.9 Å². The summed E-state index contributed by atoms with van der Waals surface area (Å²) < 4.78 is 0. The van der Waals surface area contributed by atoms with Crippen LogP contribution >= 0.6 is 0 Å². The summed E-state index contributed by atoms with van der Waals surface area (Å²) in [6, 6.07) is 11.0. The number of aryl methyl sites for hydroxylation is 1. The van der Waals surface area contributed by atoms with E-state index in [-0.39, 0.29) is 0 Å². The topological polar surface area (TPSA) is 0 Å². The summed E-state index contributed by atoms with van der Waals surface area (Å²) in [6.45, 7) is 0. The molecule has 16 heavy (non-hydrogen) atoms. The van der Waals surface area contributed by atoms with E-state index in [2.05, 4.69) is 30.3 Å². The normalized spacial score (nSPS) is 32.1. The zero-order valence-electron chi connectivity index (χ0n) is 10.1. The Morgan fingerprint density at radius 3 is 2.56 bits per heavy atom. The van der Waals surface area contributed by atoms with Gasteiger partial charge in [-0.05, 0) is 61.8 Å². The largest absolute Gasteiger partial charge is 0.0622 e. The average Bonchev–Trinajstić information content (AvgIpc) is 2.92. The third-order valence-electron chi connectivity index (χ3n) is 4.77. The molecule has 0 aromatic heterocycles. The lowest BCUT2D eigenvalue weighted by Crippen LogP contribution is -2.10. The number of hydrogen-bond donors (Lipinski definition) is 0. The fourth-order valence-electron chi connectivity index (χ4n) is 3.94. The van der Waals surface area contributed by atoms with Gasteiger partial charge in [0.1, 0.15) is 0 Å². The zero-order valence-corrected chi connectivity index (χ0v) is 10.1. The predicted octanol–water partition coefficient (Wildman–Crippen LogP) is 4.45. The van der Waals surface area contributed by atoms with E-state index < -0.39 is 0 Å². The zero-order chi connectivity index (χ0) is 10.8. The van der Waals surface area contributed by atoms with Crippen LogP contribution in [0.15, 0.2) is 30.3 Å². The first-order chi connectivity index (χ1) is 7.92. The quantitative estimate of drug-likeness (QED) is 0.695. The molecule has 2 fully saturated rings. The molecule has 0 aliphatic heterocycles. The predicted molar refractivity (Wildman–Crippen MR) is 68.3 cm³/mol. The first kappa shape index (κ1) is 10.4. The minimum absolute atomic E-state index is 1.09. The molecule has 1 aromatic carbocycles. The maximum atomic E-state index is 2.26. The van der Waals surface area contributed by atoms with E-state index in [1.807, 2.05) is 0 Å². The van der Waals surface area contributed by atoms with Crippen LogP contribution in [-0.4, -0.2) is 0 Å². The van der Waals surface area contributed by atoms with Crippen LogP contribution in [0.25, 0.3) is 0 Å². The standard InChI is InChI=1S/C16H22/c1-2-5-13(6-3-1)7-4-8-15-11-14-9-10-16(15)12-14/h1-3,5-6,14-16H,4,7-12H2. The molecular formula is C16H22. The first-order valence-corrected chi connectivity index (χ1v) is 6.96. The summed E-state index contributed by atoms with van der Waals surface area (Å²) in [5.41, 5.74) is 1.52. The fourth-order valence-corrected chi connectivity index (χ4v) is 3.94. The van der Waals surface area contributed by atoms with Gasteiger partial charge in [0, 0.05) is 0 Å². The third-order valence-corrected chi connectivity index (χ3v) is 4.77. The van der Waals surface area contributed by atoms with Gasteiger partial charge in [-0.2, -0.15) is 0 Å². The molecule has 0 N–H and O–H groups in total. The van der Waals surface area contributed by atoms with Crippen LogP contribution in [0, 0.1) is 17.8 Å². The van der Waals surface area contributed by atoms with E-state index >= 15 is 0 Å². The van der Waals surface area contributed by atoms with Crippen molar-refractivity contribution in [3.63, 3.8) is 0 Å². The molecular weight excluding hydrogens is 192 g/mol. The molecule has 0 spiro atoms. The van der Waals surface area contributed by atoms with Gasteiger partial charge in [-0.1, -0.05) is 36.8 Å². The molecule has 3 rings (SSSR count). The molecule has 0 saturated heterocycles. The van der Waals surface area contributed by atoms with Crippen LogP contribution in [0.3, 0.4) is 0 Å². The second-order valence-electron chi connectivity index (χ2n) is 5.81.